The lowest BCUT2D eigenvalue weighted by atomic mass is 9.96. The normalized spacial score (nSPS) is 24.4. The van der Waals surface area contributed by atoms with Gasteiger partial charge in [0.05, 0.1) is 12.1 Å². The predicted octanol–water partition coefficient (Wildman–Crippen LogP) is 1.53. The van der Waals surface area contributed by atoms with Crippen LogP contribution in [0, 0.1) is 0 Å². The van der Waals surface area contributed by atoms with E-state index in [1.165, 1.54) is 0 Å². The summed E-state index contributed by atoms with van der Waals surface area (Å²) >= 11 is 1.60. The maximum absolute atomic E-state index is 5.38. The minimum absolute atomic E-state index is 0.0526. The van der Waals surface area contributed by atoms with Gasteiger partial charge in [-0.3, -0.25) is 0 Å². The zero-order chi connectivity index (χ0) is 13.6. The fourth-order valence-electron chi connectivity index (χ4n) is 2.31. The zero-order valence-electron chi connectivity index (χ0n) is 11.7. The first-order valence-electron chi connectivity index (χ1n) is 6.48. The summed E-state index contributed by atoms with van der Waals surface area (Å²) < 4.78 is 7.25. The van der Waals surface area contributed by atoms with Gasteiger partial charge in [0.15, 0.2) is 5.82 Å². The van der Waals surface area contributed by atoms with E-state index in [1.807, 2.05) is 4.52 Å². The van der Waals surface area contributed by atoms with Crippen molar-refractivity contribution >= 4 is 16.3 Å². The fraction of sp³-hybridized carbons (Fsp3) is 0.750. The van der Waals surface area contributed by atoms with Gasteiger partial charge in [0.2, 0.25) is 4.96 Å². The molecule has 1 saturated heterocycles. The first-order valence-corrected chi connectivity index (χ1v) is 7.29. The number of nitrogens with one attached hydrogen (secondary N) is 1. The van der Waals surface area contributed by atoms with Gasteiger partial charge >= 0.3 is 0 Å². The summed E-state index contributed by atoms with van der Waals surface area (Å²) in [6.45, 7) is 7.25. The molecule has 1 fully saturated rings. The number of hydrogen-bond acceptors (Lipinski definition) is 6. The smallest absolute Gasteiger partial charge is 0.234 e. The van der Waals surface area contributed by atoms with Crippen molar-refractivity contribution in [3.63, 3.8) is 0 Å². The van der Waals surface area contributed by atoms with Crippen LogP contribution >= 0.6 is 11.3 Å². The number of nitrogens with zero attached hydrogens (tertiary/aromatic N) is 4. The number of hydrogen-bond donors (Lipinski definition) is 1. The first kappa shape index (κ1) is 13.0. The van der Waals surface area contributed by atoms with E-state index in [-0.39, 0.29) is 17.6 Å². The van der Waals surface area contributed by atoms with Gasteiger partial charge in [-0.1, -0.05) is 32.1 Å². The van der Waals surface area contributed by atoms with Crippen LogP contribution < -0.4 is 5.32 Å². The minimum atomic E-state index is -0.0526. The second kappa shape index (κ2) is 4.50. The molecule has 0 aliphatic carbocycles. The summed E-state index contributed by atoms with van der Waals surface area (Å²) in [6, 6.07) is 0.268. The van der Waals surface area contributed by atoms with Crippen LogP contribution in [0.2, 0.25) is 0 Å². The summed E-state index contributed by atoms with van der Waals surface area (Å²) in [6.07, 6.45) is 1.24. The first-order chi connectivity index (χ1) is 8.99. The molecule has 0 amide bonds. The second-order valence-electron chi connectivity index (χ2n) is 5.96. The van der Waals surface area contributed by atoms with Crippen molar-refractivity contribution in [2.75, 3.05) is 13.7 Å². The molecule has 0 radical (unpaired) electrons. The van der Waals surface area contributed by atoms with E-state index in [0.29, 0.717) is 0 Å². The molecule has 0 spiro atoms. The highest BCUT2D eigenvalue weighted by Gasteiger charge is 2.30. The molecule has 19 heavy (non-hydrogen) atoms. The second-order valence-corrected chi connectivity index (χ2v) is 6.95. The van der Waals surface area contributed by atoms with Crippen molar-refractivity contribution in [2.24, 2.45) is 0 Å². The number of ether oxygens (including phenoxy) is 1. The highest BCUT2D eigenvalue weighted by Crippen LogP contribution is 2.30. The summed E-state index contributed by atoms with van der Waals surface area (Å²) in [7, 11) is 1.75. The van der Waals surface area contributed by atoms with Crippen LogP contribution in [-0.2, 0) is 10.2 Å². The number of methoxy groups -OCH3 is 1. The molecule has 2 unspecified atom stereocenters. The van der Waals surface area contributed by atoms with Crippen LogP contribution in [-0.4, -0.2) is 39.6 Å². The van der Waals surface area contributed by atoms with Crippen LogP contribution in [0.15, 0.2) is 0 Å². The summed E-state index contributed by atoms with van der Waals surface area (Å²) in [5.41, 5.74) is -0.0526. The van der Waals surface area contributed by atoms with Crippen molar-refractivity contribution in [3.05, 3.63) is 10.8 Å². The molecule has 2 aromatic rings. The van der Waals surface area contributed by atoms with Crippen LogP contribution in [0.1, 0.15) is 44.1 Å². The van der Waals surface area contributed by atoms with Crippen molar-refractivity contribution in [1.82, 2.24) is 25.1 Å². The van der Waals surface area contributed by atoms with Crippen LogP contribution in [0.25, 0.3) is 4.96 Å². The molecular formula is C12H19N5OS. The Hall–Kier alpha value is -1.05. The molecule has 1 N–H and O–H groups in total. The molecule has 0 saturated carbocycles. The molecule has 2 atom stereocenters. The molecule has 3 heterocycles. The Morgan fingerprint density at radius 3 is 2.79 bits per heavy atom. The maximum atomic E-state index is 5.38. The molecule has 0 aromatic carbocycles. The van der Waals surface area contributed by atoms with E-state index in [9.17, 15) is 0 Å². The topological polar surface area (TPSA) is 64.3 Å². The third-order valence-corrected chi connectivity index (χ3v) is 4.41. The molecule has 7 heteroatoms. The van der Waals surface area contributed by atoms with Crippen LogP contribution in [0.3, 0.4) is 0 Å². The van der Waals surface area contributed by atoms with Gasteiger partial charge in [-0.25, -0.2) is 0 Å². The van der Waals surface area contributed by atoms with E-state index in [1.54, 1.807) is 18.4 Å². The van der Waals surface area contributed by atoms with Crippen molar-refractivity contribution in [2.45, 2.75) is 44.8 Å². The number of fused-ring (bicyclic) bond motifs is 1. The summed E-state index contributed by atoms with van der Waals surface area (Å²) in [5, 5.41) is 17.7. The summed E-state index contributed by atoms with van der Waals surface area (Å²) in [5.74, 6) is 0.909. The molecular weight excluding hydrogens is 262 g/mol. The van der Waals surface area contributed by atoms with Gasteiger partial charge in [-0.15, -0.1) is 10.2 Å². The zero-order valence-corrected chi connectivity index (χ0v) is 12.5. The van der Waals surface area contributed by atoms with E-state index in [2.05, 4.69) is 41.4 Å². The molecule has 2 aromatic heterocycles. The Morgan fingerprint density at radius 1 is 1.37 bits per heavy atom. The lowest BCUT2D eigenvalue weighted by Gasteiger charge is -2.13. The Balaban J connectivity index is 1.93. The largest absolute Gasteiger partial charge is 0.380 e. The standard InChI is InChI=1S/C12H19N5OS/c1-12(2,3)10-14-15-11-17(10)16-9(19-11)8-5-7(18-4)6-13-8/h7-8,13H,5-6H2,1-4H3. The quantitative estimate of drug-likeness (QED) is 0.904. The maximum Gasteiger partial charge on any atom is 0.234 e. The number of rotatable bonds is 2. The van der Waals surface area contributed by atoms with E-state index >= 15 is 0 Å². The Kier molecular flexibility index (Phi) is 3.07. The molecule has 0 bridgehead atoms. The van der Waals surface area contributed by atoms with Crippen molar-refractivity contribution < 1.29 is 4.74 Å². The van der Waals surface area contributed by atoms with Crippen LogP contribution in [0.4, 0.5) is 0 Å². The lowest BCUT2D eigenvalue weighted by molar-refractivity contribution is 0.117. The molecule has 104 valence electrons. The van der Waals surface area contributed by atoms with E-state index < -0.39 is 0 Å². The fourth-order valence-corrected chi connectivity index (χ4v) is 3.24. The molecule has 6 nitrogen and oxygen atoms in total. The molecule has 1 aliphatic rings. The third-order valence-electron chi connectivity index (χ3n) is 3.40. The van der Waals surface area contributed by atoms with Crippen molar-refractivity contribution in [3.8, 4) is 0 Å². The lowest BCUT2D eigenvalue weighted by Crippen LogP contribution is -2.18. The van der Waals surface area contributed by atoms with Crippen LogP contribution in [0.5, 0.6) is 0 Å². The average Bonchev–Trinajstić information content (AvgIpc) is 3.00. The van der Waals surface area contributed by atoms with Gasteiger partial charge < -0.3 is 10.1 Å². The Labute approximate surface area is 116 Å². The van der Waals surface area contributed by atoms with E-state index in [0.717, 1.165) is 28.8 Å². The van der Waals surface area contributed by atoms with Gasteiger partial charge in [0.25, 0.3) is 0 Å². The van der Waals surface area contributed by atoms with Gasteiger partial charge in [0.1, 0.15) is 5.01 Å². The monoisotopic (exact) mass is 281 g/mol. The predicted molar refractivity (Wildman–Crippen MR) is 73.5 cm³/mol. The minimum Gasteiger partial charge on any atom is -0.380 e. The Morgan fingerprint density at radius 2 is 2.16 bits per heavy atom. The Bertz CT molecular complexity index is 584. The summed E-state index contributed by atoms with van der Waals surface area (Å²) in [4.78, 5) is 0.864. The molecule has 3 rings (SSSR count). The van der Waals surface area contributed by atoms with Gasteiger partial charge in [-0.2, -0.15) is 9.61 Å². The third kappa shape index (κ3) is 2.26. The van der Waals surface area contributed by atoms with Crippen molar-refractivity contribution in [1.29, 1.82) is 0 Å². The van der Waals surface area contributed by atoms with E-state index in [4.69, 9.17) is 4.74 Å². The van der Waals surface area contributed by atoms with Gasteiger partial charge in [-0.05, 0) is 6.42 Å². The highest BCUT2D eigenvalue weighted by atomic mass is 32.1. The highest BCUT2D eigenvalue weighted by molar-refractivity contribution is 7.16. The average molecular weight is 281 g/mol. The van der Waals surface area contributed by atoms with Gasteiger partial charge in [0, 0.05) is 19.1 Å². The molecule has 1 aliphatic heterocycles. The SMILES string of the molecule is COC1CNC(c2nn3c(C(C)(C)C)nnc3s2)C1. The number of aromatic nitrogens is 4.